The maximum atomic E-state index is 13.0. The number of benzene rings is 1. The first-order chi connectivity index (χ1) is 11.4. The molecule has 0 bridgehead atoms. The number of halogens is 3. The van der Waals surface area contributed by atoms with Gasteiger partial charge in [0.15, 0.2) is 11.5 Å². The summed E-state index contributed by atoms with van der Waals surface area (Å²) in [7, 11) is 1.73. The Morgan fingerprint density at radius 3 is 2.79 bits per heavy atom. The van der Waals surface area contributed by atoms with Gasteiger partial charge in [-0.15, -0.1) is 0 Å². The predicted octanol–water partition coefficient (Wildman–Crippen LogP) is 3.14. The molecule has 0 spiro atoms. The zero-order valence-electron chi connectivity index (χ0n) is 12.8. The number of aromatic nitrogens is 4. The van der Waals surface area contributed by atoms with E-state index in [1.807, 2.05) is 0 Å². The smallest absolute Gasteiger partial charge is 0.261 e. The lowest BCUT2D eigenvalue weighted by atomic mass is 10.1. The Balaban J connectivity index is 1.90. The Bertz CT molecular complexity index is 913. The molecule has 1 N–H and O–H groups in total. The van der Waals surface area contributed by atoms with E-state index in [9.17, 15) is 13.2 Å². The highest BCUT2D eigenvalue weighted by Crippen LogP contribution is 2.31. The average molecular weight is 334 g/mol. The molecule has 0 aliphatic heterocycles. The van der Waals surface area contributed by atoms with Crippen molar-refractivity contribution in [1.82, 2.24) is 19.7 Å². The quantitative estimate of drug-likeness (QED) is 0.590. The molecule has 0 atom stereocenters. The normalized spacial score (nSPS) is 12.2. The van der Waals surface area contributed by atoms with Crippen molar-refractivity contribution >= 4 is 23.1 Å². The van der Waals surface area contributed by atoms with Gasteiger partial charge in [-0.25, -0.2) is 9.97 Å². The first-order valence-corrected chi connectivity index (χ1v) is 6.96. The zero-order chi connectivity index (χ0) is 17.3. The van der Waals surface area contributed by atoms with E-state index in [0.717, 1.165) is 12.3 Å². The second kappa shape index (κ2) is 5.91. The van der Waals surface area contributed by atoms with Crippen LogP contribution in [0.4, 0.5) is 19.0 Å². The molecule has 0 unspecified atom stereocenters. The van der Waals surface area contributed by atoms with E-state index in [1.165, 1.54) is 18.5 Å². The summed E-state index contributed by atoms with van der Waals surface area (Å²) in [5.41, 5.74) is 3.18. The third-order valence-corrected chi connectivity index (χ3v) is 3.42. The number of hydrazone groups is 1. The number of aryl methyl sites for hydroxylation is 2. The Morgan fingerprint density at radius 1 is 1.25 bits per heavy atom. The van der Waals surface area contributed by atoms with Gasteiger partial charge in [0.05, 0.1) is 23.4 Å². The van der Waals surface area contributed by atoms with Crippen molar-refractivity contribution in [2.24, 2.45) is 12.1 Å². The fourth-order valence-corrected chi connectivity index (χ4v) is 2.26. The number of nitrogens with zero attached hydrogens (tertiary/aromatic N) is 5. The summed E-state index contributed by atoms with van der Waals surface area (Å²) in [5.74, 6) is 0.366. The molecule has 0 radical (unpaired) electrons. The highest BCUT2D eigenvalue weighted by molar-refractivity contribution is 5.87. The molecule has 24 heavy (non-hydrogen) atoms. The van der Waals surface area contributed by atoms with Crippen LogP contribution in [0.1, 0.15) is 16.7 Å². The fourth-order valence-electron chi connectivity index (χ4n) is 2.26. The van der Waals surface area contributed by atoms with Crippen LogP contribution in [0.25, 0.3) is 11.0 Å². The van der Waals surface area contributed by atoms with Gasteiger partial charge in [0.1, 0.15) is 6.33 Å². The lowest BCUT2D eigenvalue weighted by molar-refractivity contribution is -0.137. The van der Waals surface area contributed by atoms with Crippen LogP contribution >= 0.6 is 0 Å². The average Bonchev–Trinajstić information content (AvgIpc) is 2.89. The van der Waals surface area contributed by atoms with Gasteiger partial charge < -0.3 is 0 Å². The molecule has 3 aromatic rings. The van der Waals surface area contributed by atoms with Crippen molar-refractivity contribution in [3.05, 3.63) is 47.4 Å². The molecule has 0 saturated heterocycles. The van der Waals surface area contributed by atoms with Gasteiger partial charge in [-0.2, -0.15) is 23.4 Å². The minimum atomic E-state index is -4.44. The van der Waals surface area contributed by atoms with E-state index in [2.05, 4.69) is 25.6 Å². The molecule has 0 aliphatic carbocycles. The summed E-state index contributed by atoms with van der Waals surface area (Å²) in [6.07, 6.45) is -0.433. The number of hydrogen-bond acceptors (Lipinski definition) is 5. The SMILES string of the molecule is Cc1ccc(C(F)(F)F)c(/C=N/Nc2ncnc3c2cnn3C)c1. The van der Waals surface area contributed by atoms with E-state index >= 15 is 0 Å². The lowest BCUT2D eigenvalue weighted by Crippen LogP contribution is -2.09. The van der Waals surface area contributed by atoms with Crippen LogP contribution in [0.5, 0.6) is 0 Å². The Morgan fingerprint density at radius 2 is 2.04 bits per heavy atom. The number of anilines is 1. The van der Waals surface area contributed by atoms with Gasteiger partial charge >= 0.3 is 6.18 Å². The van der Waals surface area contributed by atoms with Crippen molar-refractivity contribution in [2.75, 3.05) is 5.43 Å². The van der Waals surface area contributed by atoms with Crippen LogP contribution in [0.3, 0.4) is 0 Å². The van der Waals surface area contributed by atoms with Crippen molar-refractivity contribution < 1.29 is 13.2 Å². The number of rotatable bonds is 3. The van der Waals surface area contributed by atoms with Crippen LogP contribution in [0, 0.1) is 6.92 Å². The van der Waals surface area contributed by atoms with Gasteiger partial charge in [-0.05, 0) is 19.1 Å². The van der Waals surface area contributed by atoms with Crippen molar-refractivity contribution in [1.29, 1.82) is 0 Å². The van der Waals surface area contributed by atoms with Crippen LogP contribution < -0.4 is 5.43 Å². The van der Waals surface area contributed by atoms with E-state index in [4.69, 9.17) is 0 Å². The zero-order valence-corrected chi connectivity index (χ0v) is 12.8. The number of fused-ring (bicyclic) bond motifs is 1. The molecular formula is C15H13F3N6. The third-order valence-electron chi connectivity index (χ3n) is 3.42. The maximum Gasteiger partial charge on any atom is 0.417 e. The summed E-state index contributed by atoms with van der Waals surface area (Å²) in [5, 5.41) is 8.56. The largest absolute Gasteiger partial charge is 0.417 e. The van der Waals surface area contributed by atoms with E-state index in [1.54, 1.807) is 24.9 Å². The first kappa shape index (κ1) is 15.9. The van der Waals surface area contributed by atoms with Gasteiger partial charge in [0, 0.05) is 12.6 Å². The van der Waals surface area contributed by atoms with Crippen molar-refractivity contribution in [3.63, 3.8) is 0 Å². The molecule has 3 rings (SSSR count). The Kier molecular flexibility index (Phi) is 3.92. The highest BCUT2D eigenvalue weighted by atomic mass is 19.4. The van der Waals surface area contributed by atoms with Gasteiger partial charge in [-0.3, -0.25) is 10.1 Å². The minimum absolute atomic E-state index is 0.0218. The number of alkyl halides is 3. The summed E-state index contributed by atoms with van der Waals surface area (Å²) >= 11 is 0. The van der Waals surface area contributed by atoms with Crippen molar-refractivity contribution in [2.45, 2.75) is 13.1 Å². The second-order valence-electron chi connectivity index (χ2n) is 5.19. The van der Waals surface area contributed by atoms with Gasteiger partial charge in [0.25, 0.3) is 0 Å². The molecule has 9 heteroatoms. The van der Waals surface area contributed by atoms with E-state index < -0.39 is 11.7 Å². The molecule has 2 aromatic heterocycles. The molecule has 0 saturated carbocycles. The summed E-state index contributed by atoms with van der Waals surface area (Å²) in [6.45, 7) is 1.72. The topological polar surface area (TPSA) is 68.0 Å². The Hall–Kier alpha value is -2.97. The molecular weight excluding hydrogens is 321 g/mol. The lowest BCUT2D eigenvalue weighted by Gasteiger charge is -2.10. The third kappa shape index (κ3) is 3.05. The molecule has 1 aromatic carbocycles. The Labute approximate surface area is 135 Å². The molecule has 2 heterocycles. The van der Waals surface area contributed by atoms with Crippen LogP contribution in [-0.2, 0) is 13.2 Å². The summed E-state index contributed by atoms with van der Waals surface area (Å²) in [6, 6.07) is 3.88. The molecule has 0 amide bonds. The maximum absolute atomic E-state index is 13.0. The number of hydrogen-bond donors (Lipinski definition) is 1. The fraction of sp³-hybridized carbons (Fsp3) is 0.200. The minimum Gasteiger partial charge on any atom is -0.261 e. The molecule has 6 nitrogen and oxygen atoms in total. The monoisotopic (exact) mass is 334 g/mol. The van der Waals surface area contributed by atoms with Gasteiger partial charge in [-0.1, -0.05) is 11.6 Å². The first-order valence-electron chi connectivity index (χ1n) is 6.96. The van der Waals surface area contributed by atoms with Crippen LogP contribution in [0.2, 0.25) is 0 Å². The van der Waals surface area contributed by atoms with E-state index in [-0.39, 0.29) is 5.56 Å². The van der Waals surface area contributed by atoms with Gasteiger partial charge in [0.2, 0.25) is 0 Å². The molecule has 0 aliphatic rings. The second-order valence-corrected chi connectivity index (χ2v) is 5.19. The standard InChI is InChI=1S/C15H13F3N6/c1-9-3-4-12(15(16,17)18)10(5-9)6-21-23-13-11-7-22-24(2)14(11)20-8-19-13/h3-8H,1-2H3,(H,19,20,23)/b21-6+. The highest BCUT2D eigenvalue weighted by Gasteiger charge is 2.32. The van der Waals surface area contributed by atoms with E-state index in [0.29, 0.717) is 22.4 Å². The van der Waals surface area contributed by atoms with Crippen LogP contribution in [0.15, 0.2) is 35.8 Å². The van der Waals surface area contributed by atoms with Crippen LogP contribution in [-0.4, -0.2) is 26.0 Å². The summed E-state index contributed by atoms with van der Waals surface area (Å²) < 4.78 is 40.6. The number of nitrogens with one attached hydrogen (secondary N) is 1. The molecule has 0 fully saturated rings. The van der Waals surface area contributed by atoms with Crippen molar-refractivity contribution in [3.8, 4) is 0 Å². The predicted molar refractivity (Wildman–Crippen MR) is 83.7 cm³/mol. The molecule has 124 valence electrons. The summed E-state index contributed by atoms with van der Waals surface area (Å²) in [4.78, 5) is 8.10.